The molecule has 0 spiro atoms. The molecule has 0 aliphatic carbocycles. The monoisotopic (exact) mass is 302 g/mol. The van der Waals surface area contributed by atoms with Crippen molar-refractivity contribution >= 4 is 30.1 Å². The number of amides is 1. The Hall–Kier alpha value is -0.710. The molecule has 1 aromatic rings. The molecule has 0 radical (unpaired) electrons. The molecule has 5 heteroatoms. The van der Waals surface area contributed by atoms with Crippen molar-refractivity contribution in [2.75, 3.05) is 6.54 Å². The molecule has 0 atom stereocenters. The fourth-order valence-corrected chi connectivity index (χ4v) is 2.23. The van der Waals surface area contributed by atoms with E-state index in [1.165, 1.54) is 4.90 Å². The maximum absolute atomic E-state index is 12.0. The lowest BCUT2D eigenvalue weighted by molar-refractivity contribution is 0.0915. The molecule has 0 aliphatic heterocycles. The van der Waals surface area contributed by atoms with Crippen molar-refractivity contribution in [3.8, 4) is 0 Å². The normalized spacial score (nSPS) is 11.1. The summed E-state index contributed by atoms with van der Waals surface area (Å²) in [6.07, 6.45) is 0. The molecular weight excluding hydrogens is 280 g/mol. The first-order chi connectivity index (χ1) is 8.34. The van der Waals surface area contributed by atoms with E-state index in [9.17, 15) is 4.79 Å². The van der Waals surface area contributed by atoms with E-state index in [4.69, 9.17) is 5.73 Å². The highest BCUT2D eigenvalue weighted by atomic mass is 35.5. The summed E-state index contributed by atoms with van der Waals surface area (Å²) in [5, 5.41) is 3.45. The first-order valence-corrected chi connectivity index (χ1v) is 7.01. The largest absolute Gasteiger partial charge is 0.346 e. The topological polar surface area (TPSA) is 55.1 Å². The highest BCUT2D eigenvalue weighted by Gasteiger charge is 2.19. The predicted molar refractivity (Wildman–Crippen MR) is 85.3 cm³/mol. The van der Waals surface area contributed by atoms with Crippen LogP contribution in [0.4, 0.5) is 0 Å². The lowest BCUT2D eigenvalue weighted by Gasteiger charge is -2.24. The van der Waals surface area contributed by atoms with Gasteiger partial charge >= 0.3 is 0 Å². The van der Waals surface area contributed by atoms with Gasteiger partial charge in [-0.1, -0.05) is 13.8 Å². The number of halogens is 1. The number of nitrogens with one attached hydrogen (secondary N) is 1. The minimum atomic E-state index is -0.373. The third-order valence-electron chi connectivity index (χ3n) is 2.45. The molecule has 0 heterocycles. The Morgan fingerprint density at radius 3 is 2.26 bits per heavy atom. The number of hydrogen-bond acceptors (Lipinski definition) is 3. The van der Waals surface area contributed by atoms with Crippen molar-refractivity contribution in [1.29, 1.82) is 0 Å². The van der Waals surface area contributed by atoms with Crippen LogP contribution in [0.2, 0.25) is 0 Å². The molecule has 0 fully saturated rings. The number of carbonyl (C=O) groups is 1. The smallest absolute Gasteiger partial charge is 0.251 e. The Balaban J connectivity index is 0.00000324. The second-order valence-corrected chi connectivity index (χ2v) is 6.88. The lowest BCUT2D eigenvalue weighted by atomic mass is 10.1. The average Bonchev–Trinajstić information content (AvgIpc) is 2.28. The van der Waals surface area contributed by atoms with Crippen LogP contribution in [0.5, 0.6) is 0 Å². The Morgan fingerprint density at radius 2 is 1.84 bits per heavy atom. The third-order valence-corrected chi connectivity index (χ3v) is 3.47. The standard InChI is InChI=1S/C14H22N2OS.ClH/c1-10(2)18-12-7-5-11(6-8-12)13(17)16-14(3,4)9-15;/h5-8,10H,9,15H2,1-4H3,(H,16,17);1H. The molecule has 1 aromatic carbocycles. The summed E-state index contributed by atoms with van der Waals surface area (Å²) in [4.78, 5) is 13.2. The van der Waals surface area contributed by atoms with Crippen LogP contribution >= 0.6 is 24.2 Å². The molecule has 0 saturated carbocycles. The van der Waals surface area contributed by atoms with Crippen molar-refractivity contribution in [3.05, 3.63) is 29.8 Å². The van der Waals surface area contributed by atoms with Gasteiger partial charge < -0.3 is 11.1 Å². The van der Waals surface area contributed by atoms with E-state index < -0.39 is 0 Å². The minimum absolute atomic E-state index is 0. The molecule has 0 unspecified atom stereocenters. The van der Waals surface area contributed by atoms with Crippen molar-refractivity contribution in [2.45, 2.75) is 43.4 Å². The van der Waals surface area contributed by atoms with Crippen LogP contribution < -0.4 is 11.1 Å². The summed E-state index contributed by atoms with van der Waals surface area (Å²) in [6.45, 7) is 8.53. The maximum atomic E-state index is 12.0. The summed E-state index contributed by atoms with van der Waals surface area (Å²) in [5.74, 6) is -0.0773. The van der Waals surface area contributed by atoms with E-state index in [0.717, 1.165) is 0 Å². The predicted octanol–water partition coefficient (Wildman–Crippen LogP) is 3.08. The van der Waals surface area contributed by atoms with Gasteiger partial charge in [-0.05, 0) is 38.1 Å². The van der Waals surface area contributed by atoms with E-state index in [1.807, 2.05) is 38.1 Å². The quantitative estimate of drug-likeness (QED) is 0.822. The molecule has 3 nitrogen and oxygen atoms in total. The summed E-state index contributed by atoms with van der Waals surface area (Å²) in [5.41, 5.74) is 5.89. The zero-order chi connectivity index (χ0) is 13.8. The van der Waals surface area contributed by atoms with Crippen LogP contribution in [0, 0.1) is 0 Å². The fourth-order valence-electron chi connectivity index (χ4n) is 1.39. The molecule has 3 N–H and O–H groups in total. The lowest BCUT2D eigenvalue weighted by Crippen LogP contribution is -2.48. The summed E-state index contributed by atoms with van der Waals surface area (Å²) >= 11 is 1.78. The van der Waals surface area contributed by atoms with Crippen LogP contribution in [0.25, 0.3) is 0 Å². The van der Waals surface area contributed by atoms with Gasteiger partial charge in [-0.3, -0.25) is 4.79 Å². The van der Waals surface area contributed by atoms with Gasteiger partial charge in [-0.15, -0.1) is 24.2 Å². The van der Waals surface area contributed by atoms with Crippen LogP contribution in [-0.4, -0.2) is 23.2 Å². The van der Waals surface area contributed by atoms with Crippen molar-refractivity contribution in [2.24, 2.45) is 5.73 Å². The number of rotatable bonds is 5. The SMILES string of the molecule is CC(C)Sc1ccc(C(=O)NC(C)(C)CN)cc1.Cl. The third kappa shape index (κ3) is 6.32. The number of carbonyl (C=O) groups excluding carboxylic acids is 1. The minimum Gasteiger partial charge on any atom is -0.346 e. The Bertz CT molecular complexity index is 404. The van der Waals surface area contributed by atoms with Gasteiger partial charge in [0.2, 0.25) is 0 Å². The van der Waals surface area contributed by atoms with E-state index in [2.05, 4.69) is 19.2 Å². The number of hydrogen-bond donors (Lipinski definition) is 2. The first kappa shape index (κ1) is 18.3. The Kier molecular flexibility index (Phi) is 7.49. The molecule has 0 bridgehead atoms. The van der Waals surface area contributed by atoms with E-state index in [1.54, 1.807) is 11.8 Å². The first-order valence-electron chi connectivity index (χ1n) is 6.13. The second-order valence-electron chi connectivity index (χ2n) is 5.23. The van der Waals surface area contributed by atoms with Crippen LogP contribution in [-0.2, 0) is 0 Å². The van der Waals surface area contributed by atoms with Gasteiger partial charge in [-0.25, -0.2) is 0 Å². The average molecular weight is 303 g/mol. The molecular formula is C14H23ClN2OS. The second kappa shape index (κ2) is 7.78. The molecule has 1 amide bonds. The maximum Gasteiger partial charge on any atom is 0.251 e. The van der Waals surface area contributed by atoms with Crippen molar-refractivity contribution in [3.63, 3.8) is 0 Å². The Morgan fingerprint density at radius 1 is 1.32 bits per heavy atom. The fraction of sp³-hybridized carbons (Fsp3) is 0.500. The van der Waals surface area contributed by atoms with Gasteiger partial charge in [0.15, 0.2) is 0 Å². The molecule has 0 aromatic heterocycles. The van der Waals surface area contributed by atoms with E-state index in [-0.39, 0.29) is 23.9 Å². The Labute approximate surface area is 126 Å². The van der Waals surface area contributed by atoms with Crippen LogP contribution in [0.1, 0.15) is 38.1 Å². The zero-order valence-electron chi connectivity index (χ0n) is 11.9. The molecule has 1 rings (SSSR count). The highest BCUT2D eigenvalue weighted by Crippen LogP contribution is 2.22. The molecule has 19 heavy (non-hydrogen) atoms. The summed E-state index contributed by atoms with van der Waals surface area (Å²) < 4.78 is 0. The summed E-state index contributed by atoms with van der Waals surface area (Å²) in [6, 6.07) is 7.67. The molecule has 0 saturated heterocycles. The van der Waals surface area contributed by atoms with Gasteiger partial charge in [0.25, 0.3) is 5.91 Å². The molecule has 108 valence electrons. The zero-order valence-corrected chi connectivity index (χ0v) is 13.5. The van der Waals surface area contributed by atoms with Gasteiger partial charge in [0, 0.05) is 27.8 Å². The van der Waals surface area contributed by atoms with Gasteiger partial charge in [0.1, 0.15) is 0 Å². The van der Waals surface area contributed by atoms with E-state index in [0.29, 0.717) is 17.4 Å². The molecule has 0 aliphatic rings. The van der Waals surface area contributed by atoms with E-state index >= 15 is 0 Å². The number of thioether (sulfide) groups is 1. The van der Waals surface area contributed by atoms with Crippen LogP contribution in [0.3, 0.4) is 0 Å². The highest BCUT2D eigenvalue weighted by molar-refractivity contribution is 7.99. The summed E-state index contributed by atoms with van der Waals surface area (Å²) in [7, 11) is 0. The van der Waals surface area contributed by atoms with Gasteiger partial charge in [0.05, 0.1) is 0 Å². The number of nitrogens with two attached hydrogens (primary N) is 1. The number of benzene rings is 1. The van der Waals surface area contributed by atoms with Crippen molar-refractivity contribution in [1.82, 2.24) is 5.32 Å². The van der Waals surface area contributed by atoms with Crippen molar-refractivity contribution < 1.29 is 4.79 Å². The van der Waals surface area contributed by atoms with Gasteiger partial charge in [-0.2, -0.15) is 0 Å². The van der Waals surface area contributed by atoms with Crippen LogP contribution in [0.15, 0.2) is 29.2 Å².